The number of benzene rings is 1. The van der Waals surface area contributed by atoms with Crippen LogP contribution in [0, 0.1) is 13.8 Å². The molecular weight excluding hydrogens is 234 g/mol. The van der Waals surface area contributed by atoms with Crippen LogP contribution in [0.2, 0.25) is 0 Å². The lowest BCUT2D eigenvalue weighted by Crippen LogP contribution is -2.45. The van der Waals surface area contributed by atoms with E-state index in [0.717, 1.165) is 11.1 Å². The van der Waals surface area contributed by atoms with E-state index in [1.54, 1.807) is 0 Å². The molecule has 0 spiro atoms. The molecule has 1 aromatic rings. The van der Waals surface area contributed by atoms with E-state index in [0.29, 0.717) is 0 Å². The van der Waals surface area contributed by atoms with Crippen LogP contribution >= 0.6 is 0 Å². The van der Waals surface area contributed by atoms with Crippen LogP contribution in [-0.2, 0) is 9.84 Å². The second-order valence-corrected chi connectivity index (χ2v) is 7.21. The minimum absolute atomic E-state index is 0.0273. The van der Waals surface area contributed by atoms with Gasteiger partial charge in [0.25, 0.3) is 0 Å². The van der Waals surface area contributed by atoms with Gasteiger partial charge in [-0.1, -0.05) is 23.8 Å². The molecular formula is C13H19NO2S. The first-order valence-electron chi connectivity index (χ1n) is 5.91. The molecule has 0 saturated carbocycles. The van der Waals surface area contributed by atoms with Gasteiger partial charge in [-0.15, -0.1) is 0 Å². The summed E-state index contributed by atoms with van der Waals surface area (Å²) in [6.07, 6.45) is 0. The van der Waals surface area contributed by atoms with E-state index in [9.17, 15) is 8.42 Å². The van der Waals surface area contributed by atoms with E-state index in [4.69, 9.17) is 0 Å². The number of aryl methyl sites for hydroxylation is 2. The predicted molar refractivity (Wildman–Crippen MR) is 69.9 cm³/mol. The maximum Gasteiger partial charge on any atom is 0.153 e. The van der Waals surface area contributed by atoms with E-state index in [-0.39, 0.29) is 23.6 Å². The molecule has 4 heteroatoms. The number of nitrogens with one attached hydrogen (secondary N) is 1. The van der Waals surface area contributed by atoms with Crippen LogP contribution < -0.4 is 5.32 Å². The predicted octanol–water partition coefficient (Wildman–Crippen LogP) is 1.75. The molecule has 1 N–H and O–H groups in total. The zero-order valence-electron chi connectivity index (χ0n) is 10.5. The van der Waals surface area contributed by atoms with Crippen LogP contribution in [-0.4, -0.2) is 26.0 Å². The Hall–Kier alpha value is -0.870. The van der Waals surface area contributed by atoms with Crippen molar-refractivity contribution in [3.05, 3.63) is 34.9 Å². The minimum atomic E-state index is -2.92. The lowest BCUT2D eigenvalue weighted by atomic mass is 9.99. The number of rotatable bonds is 1. The summed E-state index contributed by atoms with van der Waals surface area (Å²) >= 11 is 0. The summed E-state index contributed by atoms with van der Waals surface area (Å²) in [5.41, 5.74) is 3.47. The molecule has 17 heavy (non-hydrogen) atoms. The smallest absolute Gasteiger partial charge is 0.153 e. The van der Waals surface area contributed by atoms with E-state index in [1.165, 1.54) is 5.56 Å². The normalized spacial score (nSPS) is 27.9. The largest absolute Gasteiger partial charge is 0.306 e. The zero-order valence-corrected chi connectivity index (χ0v) is 11.3. The van der Waals surface area contributed by atoms with Gasteiger partial charge in [-0.05, 0) is 31.9 Å². The molecule has 2 rings (SSSR count). The second-order valence-electron chi connectivity index (χ2n) is 5.06. The Labute approximate surface area is 103 Å². The summed E-state index contributed by atoms with van der Waals surface area (Å²) in [6.45, 7) is 6.01. The first kappa shape index (κ1) is 12.6. The van der Waals surface area contributed by atoms with Crippen molar-refractivity contribution >= 4 is 9.84 Å². The molecule has 2 atom stereocenters. The summed E-state index contributed by atoms with van der Waals surface area (Å²) in [6, 6.07) is 6.14. The fourth-order valence-electron chi connectivity index (χ4n) is 2.54. The lowest BCUT2D eigenvalue weighted by molar-refractivity contribution is 0.467. The van der Waals surface area contributed by atoms with Gasteiger partial charge in [-0.25, -0.2) is 8.42 Å². The number of hydrogen-bond donors (Lipinski definition) is 1. The third-order valence-corrected chi connectivity index (χ3v) is 5.06. The Morgan fingerprint density at radius 2 is 1.94 bits per heavy atom. The van der Waals surface area contributed by atoms with Crippen LogP contribution in [0.5, 0.6) is 0 Å². The van der Waals surface area contributed by atoms with Gasteiger partial charge in [0.1, 0.15) is 0 Å². The molecule has 0 amide bonds. The van der Waals surface area contributed by atoms with E-state index >= 15 is 0 Å². The molecule has 0 radical (unpaired) electrons. The van der Waals surface area contributed by atoms with Crippen molar-refractivity contribution in [3.8, 4) is 0 Å². The number of hydrogen-bond acceptors (Lipinski definition) is 3. The maximum absolute atomic E-state index is 11.8. The molecule has 0 aromatic heterocycles. The maximum atomic E-state index is 11.8. The highest BCUT2D eigenvalue weighted by Gasteiger charge is 2.30. The molecule has 94 valence electrons. The van der Waals surface area contributed by atoms with Gasteiger partial charge in [0, 0.05) is 12.1 Å². The van der Waals surface area contributed by atoms with E-state index < -0.39 is 9.84 Å². The Balaban J connectivity index is 2.33. The van der Waals surface area contributed by atoms with Gasteiger partial charge >= 0.3 is 0 Å². The van der Waals surface area contributed by atoms with Crippen molar-refractivity contribution in [1.29, 1.82) is 0 Å². The van der Waals surface area contributed by atoms with Gasteiger partial charge in [0.15, 0.2) is 9.84 Å². The molecule has 1 saturated heterocycles. The number of sulfone groups is 1. The monoisotopic (exact) mass is 253 g/mol. The fraction of sp³-hybridized carbons (Fsp3) is 0.538. The van der Waals surface area contributed by atoms with E-state index in [1.807, 2.05) is 32.9 Å². The molecule has 2 unspecified atom stereocenters. The van der Waals surface area contributed by atoms with Gasteiger partial charge in [-0.2, -0.15) is 0 Å². The van der Waals surface area contributed by atoms with Crippen LogP contribution in [0.4, 0.5) is 0 Å². The van der Waals surface area contributed by atoms with Crippen molar-refractivity contribution < 1.29 is 8.42 Å². The highest BCUT2D eigenvalue weighted by Crippen LogP contribution is 2.24. The summed E-state index contributed by atoms with van der Waals surface area (Å²) < 4.78 is 23.6. The van der Waals surface area contributed by atoms with Crippen molar-refractivity contribution in [2.45, 2.75) is 32.9 Å². The van der Waals surface area contributed by atoms with Crippen LogP contribution in [0.15, 0.2) is 18.2 Å². The average Bonchev–Trinajstić information content (AvgIpc) is 2.13. The van der Waals surface area contributed by atoms with Crippen LogP contribution in [0.25, 0.3) is 0 Å². The third kappa shape index (κ3) is 2.87. The highest BCUT2D eigenvalue weighted by molar-refractivity contribution is 7.91. The molecule has 1 aliphatic heterocycles. The standard InChI is InChI=1S/C13H19NO2S/c1-9-4-5-12(10(2)6-9)13-8-17(15,16)7-11(3)14-13/h4-6,11,13-14H,7-8H2,1-3H3. The second kappa shape index (κ2) is 4.42. The average molecular weight is 253 g/mol. The SMILES string of the molecule is Cc1ccc(C2CS(=O)(=O)CC(C)N2)c(C)c1. The first-order chi connectivity index (χ1) is 7.87. The van der Waals surface area contributed by atoms with Gasteiger partial charge < -0.3 is 5.32 Å². The lowest BCUT2D eigenvalue weighted by Gasteiger charge is -2.30. The molecule has 3 nitrogen and oxygen atoms in total. The van der Waals surface area contributed by atoms with Crippen molar-refractivity contribution in [2.75, 3.05) is 11.5 Å². The molecule has 0 bridgehead atoms. The molecule has 1 fully saturated rings. The Bertz CT molecular complexity index is 522. The molecule has 0 aliphatic carbocycles. The molecule has 1 heterocycles. The molecule has 1 aliphatic rings. The topological polar surface area (TPSA) is 46.2 Å². The van der Waals surface area contributed by atoms with Gasteiger partial charge in [-0.3, -0.25) is 0 Å². The summed E-state index contributed by atoms with van der Waals surface area (Å²) in [5, 5.41) is 3.37. The summed E-state index contributed by atoms with van der Waals surface area (Å²) in [4.78, 5) is 0. The van der Waals surface area contributed by atoms with Crippen molar-refractivity contribution in [1.82, 2.24) is 5.32 Å². The Morgan fingerprint density at radius 3 is 2.53 bits per heavy atom. The van der Waals surface area contributed by atoms with Crippen molar-refractivity contribution in [3.63, 3.8) is 0 Å². The van der Waals surface area contributed by atoms with Crippen LogP contribution in [0.1, 0.15) is 29.7 Å². The summed E-state index contributed by atoms with van der Waals surface area (Å²) in [7, 11) is -2.92. The molecule has 1 aromatic carbocycles. The highest BCUT2D eigenvalue weighted by atomic mass is 32.2. The van der Waals surface area contributed by atoms with E-state index in [2.05, 4.69) is 11.4 Å². The van der Waals surface area contributed by atoms with Crippen molar-refractivity contribution in [2.24, 2.45) is 0 Å². The fourth-order valence-corrected chi connectivity index (χ4v) is 4.32. The van der Waals surface area contributed by atoms with Crippen LogP contribution in [0.3, 0.4) is 0 Å². The Kier molecular flexibility index (Phi) is 3.27. The first-order valence-corrected chi connectivity index (χ1v) is 7.73. The minimum Gasteiger partial charge on any atom is -0.306 e. The Morgan fingerprint density at radius 1 is 1.24 bits per heavy atom. The van der Waals surface area contributed by atoms with Gasteiger partial charge in [0.05, 0.1) is 11.5 Å². The summed E-state index contributed by atoms with van der Waals surface area (Å²) in [5.74, 6) is 0.454. The van der Waals surface area contributed by atoms with Gasteiger partial charge in [0.2, 0.25) is 0 Å². The quantitative estimate of drug-likeness (QED) is 0.829. The third-order valence-electron chi connectivity index (χ3n) is 3.21. The zero-order chi connectivity index (χ0) is 12.6.